The van der Waals surface area contributed by atoms with Crippen molar-refractivity contribution < 1.29 is 0 Å². The van der Waals surface area contributed by atoms with Gasteiger partial charge in [-0.05, 0) is 52.9 Å². The highest BCUT2D eigenvalue weighted by atomic mass is 15.2. The third-order valence-corrected chi connectivity index (χ3v) is 8.43. The topological polar surface area (TPSA) is 35.1 Å². The van der Waals surface area contributed by atoms with Crippen LogP contribution in [-0.4, -0.2) is 19.2 Å². The molecule has 9 aromatic rings. The van der Waals surface area contributed by atoms with Crippen LogP contribution in [0.5, 0.6) is 0 Å². The summed E-state index contributed by atoms with van der Waals surface area (Å²) in [5, 5.41) is 15.3. The van der Waals surface area contributed by atoms with Gasteiger partial charge < -0.3 is 4.57 Å². The predicted octanol–water partition coefficient (Wildman–Crippen LogP) is 9.47. The molecule has 4 heteroatoms. The average Bonchev–Trinajstić information content (AvgIpc) is 3.66. The Morgan fingerprint density at radius 1 is 0.381 bits per heavy atom. The lowest BCUT2D eigenvalue weighted by molar-refractivity contribution is 1.12. The fourth-order valence-electron chi connectivity index (χ4n) is 6.50. The van der Waals surface area contributed by atoms with E-state index < -0.39 is 0 Å². The maximum atomic E-state index is 4.64. The van der Waals surface area contributed by atoms with Crippen molar-refractivity contribution in [1.29, 1.82) is 0 Å². The highest BCUT2D eigenvalue weighted by molar-refractivity contribution is 6.13. The van der Waals surface area contributed by atoms with Crippen LogP contribution in [0.25, 0.3) is 77.3 Å². The summed E-state index contributed by atoms with van der Waals surface area (Å²) in [6.07, 6.45) is 0. The number of rotatable bonds is 3. The summed E-state index contributed by atoms with van der Waals surface area (Å²) in [5.74, 6) is 0.852. The molecule has 0 saturated heterocycles. The number of aromatic nitrogens is 4. The number of benzene rings is 6. The van der Waals surface area contributed by atoms with Crippen molar-refractivity contribution in [2.24, 2.45) is 0 Å². The van der Waals surface area contributed by atoms with E-state index in [0.29, 0.717) is 0 Å². The number of fused-ring (bicyclic) bond motifs is 9. The van der Waals surface area contributed by atoms with E-state index in [1.54, 1.807) is 0 Å². The van der Waals surface area contributed by atoms with Gasteiger partial charge in [0.2, 0.25) is 0 Å². The molecule has 42 heavy (non-hydrogen) atoms. The van der Waals surface area contributed by atoms with Crippen molar-refractivity contribution in [2.45, 2.75) is 0 Å². The number of para-hydroxylation sites is 2. The number of pyridine rings is 1. The van der Waals surface area contributed by atoms with Gasteiger partial charge >= 0.3 is 0 Å². The highest BCUT2D eigenvalue weighted by Gasteiger charge is 2.17. The first kappa shape index (κ1) is 23.0. The van der Waals surface area contributed by atoms with E-state index in [1.807, 2.05) is 18.2 Å². The van der Waals surface area contributed by atoms with Crippen LogP contribution < -0.4 is 0 Å². The van der Waals surface area contributed by atoms with Gasteiger partial charge in [0, 0.05) is 32.8 Å². The molecule has 4 nitrogen and oxygen atoms in total. The lowest BCUT2D eigenvalue weighted by Crippen LogP contribution is -1.95. The summed E-state index contributed by atoms with van der Waals surface area (Å²) < 4.78 is 4.55. The molecule has 6 aromatic carbocycles. The van der Waals surface area contributed by atoms with Crippen molar-refractivity contribution in [3.05, 3.63) is 146 Å². The Morgan fingerprint density at radius 3 is 1.69 bits per heavy atom. The second kappa shape index (κ2) is 8.88. The van der Waals surface area contributed by atoms with Crippen LogP contribution in [0.15, 0.2) is 146 Å². The first-order valence-electron chi connectivity index (χ1n) is 14.2. The Morgan fingerprint density at radius 2 is 0.976 bits per heavy atom. The van der Waals surface area contributed by atoms with E-state index in [-0.39, 0.29) is 0 Å². The third kappa shape index (κ3) is 3.29. The standard InChI is InChI=1S/C38H24N4/c1-2-10-26(11-3-1)37-39-40-38-32-15-5-4-12-29(32)33-24-27(20-23-36(33)42(37)38)25-18-21-28(22-19-25)41-34-16-8-6-13-30(34)31-14-7-9-17-35(31)41/h1-24H. The number of hydrogen-bond donors (Lipinski definition) is 0. The second-order valence-electron chi connectivity index (χ2n) is 10.7. The molecule has 0 spiro atoms. The van der Waals surface area contributed by atoms with Gasteiger partial charge in [-0.15, -0.1) is 10.2 Å². The Hall–Kier alpha value is -5.74. The van der Waals surface area contributed by atoms with E-state index in [1.165, 1.54) is 43.7 Å². The summed E-state index contributed by atoms with van der Waals surface area (Å²) in [5.41, 5.74) is 8.96. The van der Waals surface area contributed by atoms with E-state index >= 15 is 0 Å². The van der Waals surface area contributed by atoms with E-state index in [4.69, 9.17) is 0 Å². The first-order chi connectivity index (χ1) is 20.8. The fourth-order valence-corrected chi connectivity index (χ4v) is 6.50. The van der Waals surface area contributed by atoms with Crippen LogP contribution in [0.4, 0.5) is 0 Å². The minimum Gasteiger partial charge on any atom is -0.309 e. The molecule has 0 N–H and O–H groups in total. The normalized spacial score (nSPS) is 11.8. The largest absolute Gasteiger partial charge is 0.309 e. The average molecular weight is 537 g/mol. The fraction of sp³-hybridized carbons (Fsp3) is 0. The zero-order valence-corrected chi connectivity index (χ0v) is 22.6. The lowest BCUT2D eigenvalue weighted by atomic mass is 9.99. The Kier molecular flexibility index (Phi) is 4.87. The molecule has 0 amide bonds. The minimum absolute atomic E-state index is 0.852. The SMILES string of the molecule is c1ccc(-c2nnc3c4ccccc4c4cc(-c5ccc(-n6c7ccccc7c7ccccc76)cc5)ccc4n23)cc1. The third-order valence-electron chi connectivity index (χ3n) is 8.43. The molecule has 0 atom stereocenters. The molecule has 196 valence electrons. The Bertz CT molecular complexity index is 2400. The van der Waals surface area contributed by atoms with Crippen molar-refractivity contribution in [3.8, 4) is 28.2 Å². The Balaban J connectivity index is 1.23. The lowest BCUT2D eigenvalue weighted by Gasteiger charge is -2.12. The van der Waals surface area contributed by atoms with Gasteiger partial charge in [-0.25, -0.2) is 0 Å². The summed E-state index contributed by atoms with van der Waals surface area (Å²) in [6, 6.07) is 51.7. The molecule has 3 aromatic heterocycles. The molecule has 0 aliphatic rings. The molecule has 0 saturated carbocycles. The maximum Gasteiger partial charge on any atom is 0.169 e. The summed E-state index contributed by atoms with van der Waals surface area (Å²) in [6.45, 7) is 0. The van der Waals surface area contributed by atoms with Crippen LogP contribution in [0.1, 0.15) is 0 Å². The smallest absolute Gasteiger partial charge is 0.169 e. The van der Waals surface area contributed by atoms with Gasteiger partial charge in [-0.2, -0.15) is 0 Å². The first-order valence-corrected chi connectivity index (χ1v) is 14.2. The van der Waals surface area contributed by atoms with Crippen LogP contribution in [0.2, 0.25) is 0 Å². The Labute approximate surface area is 241 Å². The monoisotopic (exact) mass is 536 g/mol. The molecule has 3 heterocycles. The highest BCUT2D eigenvalue weighted by Crippen LogP contribution is 2.36. The van der Waals surface area contributed by atoms with Gasteiger partial charge in [0.15, 0.2) is 11.5 Å². The summed E-state index contributed by atoms with van der Waals surface area (Å²) in [7, 11) is 0. The molecule has 9 rings (SSSR count). The summed E-state index contributed by atoms with van der Waals surface area (Å²) >= 11 is 0. The van der Waals surface area contributed by atoms with E-state index in [0.717, 1.165) is 33.6 Å². The molecule has 0 aliphatic carbocycles. The molecule has 0 fully saturated rings. The van der Waals surface area contributed by atoms with Gasteiger partial charge in [-0.1, -0.05) is 109 Å². The van der Waals surface area contributed by atoms with Crippen molar-refractivity contribution in [2.75, 3.05) is 0 Å². The van der Waals surface area contributed by atoms with Crippen molar-refractivity contribution in [1.82, 2.24) is 19.2 Å². The van der Waals surface area contributed by atoms with E-state index in [9.17, 15) is 0 Å². The van der Waals surface area contributed by atoms with Crippen molar-refractivity contribution in [3.63, 3.8) is 0 Å². The zero-order valence-electron chi connectivity index (χ0n) is 22.6. The quantitative estimate of drug-likeness (QED) is 0.211. The molecular formula is C38H24N4. The number of hydrogen-bond acceptors (Lipinski definition) is 2. The maximum absolute atomic E-state index is 4.64. The van der Waals surface area contributed by atoms with Gasteiger partial charge in [0.1, 0.15) is 0 Å². The molecule has 0 aliphatic heterocycles. The number of nitrogens with zero attached hydrogens (tertiary/aromatic N) is 4. The predicted molar refractivity (Wildman–Crippen MR) is 173 cm³/mol. The summed E-state index contributed by atoms with van der Waals surface area (Å²) in [4.78, 5) is 0. The molecule has 0 radical (unpaired) electrons. The van der Waals surface area contributed by atoms with Crippen LogP contribution in [-0.2, 0) is 0 Å². The molecular weight excluding hydrogens is 512 g/mol. The van der Waals surface area contributed by atoms with Crippen LogP contribution in [0.3, 0.4) is 0 Å². The van der Waals surface area contributed by atoms with Crippen molar-refractivity contribution >= 4 is 49.1 Å². The van der Waals surface area contributed by atoms with E-state index in [2.05, 4.69) is 147 Å². The second-order valence-corrected chi connectivity index (χ2v) is 10.7. The zero-order chi connectivity index (χ0) is 27.6. The van der Waals surface area contributed by atoms with Gasteiger partial charge in [0.25, 0.3) is 0 Å². The van der Waals surface area contributed by atoms with Gasteiger partial charge in [0.05, 0.1) is 16.6 Å². The van der Waals surface area contributed by atoms with Crippen LogP contribution >= 0.6 is 0 Å². The van der Waals surface area contributed by atoms with Crippen LogP contribution in [0, 0.1) is 0 Å². The van der Waals surface area contributed by atoms with Gasteiger partial charge in [-0.3, -0.25) is 4.40 Å². The minimum atomic E-state index is 0.852. The molecule has 0 bridgehead atoms. The molecule has 0 unspecified atom stereocenters.